The molecule has 3 saturated carbocycles. The van der Waals surface area contributed by atoms with Crippen molar-refractivity contribution in [3.05, 3.63) is 53.6 Å². The Morgan fingerprint density at radius 2 is 1.87 bits per heavy atom. The van der Waals surface area contributed by atoms with Crippen LogP contribution in [-0.4, -0.2) is 59.0 Å². The van der Waals surface area contributed by atoms with Crippen molar-refractivity contribution in [2.75, 3.05) is 6.61 Å². The number of ether oxygens (including phenoxy) is 1. The number of allylic oxidation sites excluding steroid dienone is 4. The number of Topliss-reactive ketones (excluding diaryl/α,β-unsaturated/α-hetero) is 1. The van der Waals surface area contributed by atoms with Crippen LogP contribution in [0.15, 0.2) is 53.0 Å². The van der Waals surface area contributed by atoms with Gasteiger partial charge < -0.3 is 19.5 Å². The van der Waals surface area contributed by atoms with Crippen molar-refractivity contribution in [3.8, 4) is 0 Å². The van der Waals surface area contributed by atoms with Gasteiger partial charge in [0.1, 0.15) is 15.7 Å². The molecule has 0 aliphatic heterocycles. The molecule has 1 aromatic carbocycles. The molecule has 9 nitrogen and oxygen atoms in total. The van der Waals surface area contributed by atoms with E-state index in [2.05, 4.69) is 0 Å². The zero-order valence-electron chi connectivity index (χ0n) is 22.3. The Hall–Kier alpha value is -1.66. The molecular weight excluding hydrogens is 535 g/mol. The van der Waals surface area contributed by atoms with Crippen molar-refractivity contribution in [2.24, 2.45) is 28.6 Å². The van der Waals surface area contributed by atoms with Gasteiger partial charge in [0.15, 0.2) is 12.4 Å². The minimum absolute atomic E-state index is 0. The van der Waals surface area contributed by atoms with E-state index in [1.807, 2.05) is 13.0 Å². The number of hydrogen-bond donors (Lipinski definition) is 2. The van der Waals surface area contributed by atoms with E-state index in [4.69, 9.17) is 4.74 Å². The molecule has 0 radical (unpaired) electrons. The van der Waals surface area contributed by atoms with Crippen LogP contribution in [0.2, 0.25) is 0 Å². The molecule has 0 saturated heterocycles. The number of hydrogen-bond acceptors (Lipinski definition) is 9. The Morgan fingerprint density at radius 3 is 2.56 bits per heavy atom. The van der Waals surface area contributed by atoms with Crippen molar-refractivity contribution < 1.29 is 71.9 Å². The molecule has 11 heteroatoms. The molecule has 0 bridgehead atoms. The summed E-state index contributed by atoms with van der Waals surface area (Å²) in [5.74, 6) is -2.16. The van der Waals surface area contributed by atoms with Crippen molar-refractivity contribution >= 4 is 27.7 Å². The number of aliphatic hydroxyl groups excluding tert-OH is 1. The van der Waals surface area contributed by atoms with Crippen LogP contribution in [0.3, 0.4) is 0 Å². The fourth-order valence-corrected chi connectivity index (χ4v) is 8.64. The van der Waals surface area contributed by atoms with E-state index in [9.17, 15) is 37.6 Å². The summed E-state index contributed by atoms with van der Waals surface area (Å²) in [4.78, 5) is 37.2. The van der Waals surface area contributed by atoms with E-state index < -0.39 is 61.5 Å². The average molecular weight is 567 g/mol. The zero-order valence-corrected chi connectivity index (χ0v) is 25.1. The molecule has 0 spiro atoms. The van der Waals surface area contributed by atoms with Crippen LogP contribution in [0.5, 0.6) is 0 Å². The maximum atomic E-state index is 13.4. The summed E-state index contributed by atoms with van der Waals surface area (Å²) in [5, 5.41) is 23.2. The third kappa shape index (κ3) is 4.71. The smallest absolute Gasteiger partial charge is 0.744 e. The molecule has 4 aliphatic carbocycles. The molecule has 1 aromatic rings. The minimum Gasteiger partial charge on any atom is -0.744 e. The molecule has 3 fully saturated rings. The van der Waals surface area contributed by atoms with E-state index in [1.54, 1.807) is 19.1 Å². The van der Waals surface area contributed by atoms with Gasteiger partial charge in [-0.15, -0.1) is 0 Å². The molecule has 2 N–H and O–H groups in total. The number of fused-ring (bicyclic) bond motifs is 5. The number of benzene rings is 1. The van der Waals surface area contributed by atoms with Crippen molar-refractivity contribution in [1.82, 2.24) is 0 Å². The Kier molecular flexibility index (Phi) is 8.01. The van der Waals surface area contributed by atoms with Crippen LogP contribution < -0.4 is 29.6 Å². The molecule has 0 heterocycles. The molecule has 204 valence electrons. The minimum atomic E-state index is -4.94. The molecule has 7 atom stereocenters. The Morgan fingerprint density at radius 1 is 1.18 bits per heavy atom. The molecule has 5 rings (SSSR count). The monoisotopic (exact) mass is 566 g/mol. The summed E-state index contributed by atoms with van der Waals surface area (Å²) >= 11 is 0. The van der Waals surface area contributed by atoms with Crippen molar-refractivity contribution in [1.29, 1.82) is 0 Å². The largest absolute Gasteiger partial charge is 1.00 e. The summed E-state index contributed by atoms with van der Waals surface area (Å²) < 4.78 is 39.6. The predicted molar refractivity (Wildman–Crippen MR) is 133 cm³/mol. The topological polar surface area (TPSA) is 158 Å². The third-order valence-electron chi connectivity index (χ3n) is 9.82. The van der Waals surface area contributed by atoms with Crippen molar-refractivity contribution in [3.63, 3.8) is 0 Å². The van der Waals surface area contributed by atoms with Gasteiger partial charge in [-0.2, -0.15) is 0 Å². The normalized spacial score (nSPS) is 37.1. The van der Waals surface area contributed by atoms with Gasteiger partial charge in [0, 0.05) is 16.7 Å². The molecular formula is C28H31NaO9S. The zero-order chi connectivity index (χ0) is 27.7. The number of ketones is 2. The predicted octanol–water partition coefficient (Wildman–Crippen LogP) is -0.670. The number of esters is 1. The van der Waals surface area contributed by atoms with Gasteiger partial charge >= 0.3 is 35.5 Å². The van der Waals surface area contributed by atoms with Gasteiger partial charge in [-0.05, 0) is 68.2 Å². The Balaban J connectivity index is 0.00000353. The summed E-state index contributed by atoms with van der Waals surface area (Å²) in [7, 11) is -4.94. The number of rotatable bonds is 5. The number of carbonyl (C=O) groups is 3. The molecule has 39 heavy (non-hydrogen) atoms. The Labute approximate surface area is 249 Å². The van der Waals surface area contributed by atoms with E-state index in [1.165, 1.54) is 12.1 Å². The van der Waals surface area contributed by atoms with Crippen LogP contribution in [0, 0.1) is 28.6 Å². The first-order valence-electron chi connectivity index (χ1n) is 12.8. The van der Waals surface area contributed by atoms with Crippen LogP contribution in [0.1, 0.15) is 56.3 Å². The van der Waals surface area contributed by atoms with Gasteiger partial charge in [0.25, 0.3) is 0 Å². The Bertz CT molecular complexity index is 1380. The van der Waals surface area contributed by atoms with E-state index >= 15 is 0 Å². The van der Waals surface area contributed by atoms with E-state index in [0.29, 0.717) is 12.8 Å². The molecule has 4 unspecified atom stereocenters. The van der Waals surface area contributed by atoms with Gasteiger partial charge in [-0.3, -0.25) is 9.59 Å². The second kappa shape index (κ2) is 10.3. The number of carbonyl (C=O) groups excluding carboxylic acids is 3. The van der Waals surface area contributed by atoms with E-state index in [-0.39, 0.29) is 65.9 Å². The van der Waals surface area contributed by atoms with Crippen LogP contribution >= 0.6 is 0 Å². The third-order valence-corrected chi connectivity index (χ3v) is 10.7. The summed E-state index contributed by atoms with van der Waals surface area (Å²) in [6, 6.07) is 4.77. The van der Waals surface area contributed by atoms with Gasteiger partial charge in [-0.25, -0.2) is 13.2 Å². The summed E-state index contributed by atoms with van der Waals surface area (Å²) in [6.07, 6.45) is 6.54. The first-order valence-corrected chi connectivity index (χ1v) is 14.2. The first-order chi connectivity index (χ1) is 17.7. The summed E-state index contributed by atoms with van der Waals surface area (Å²) in [5.41, 5.74) is -2.78. The van der Waals surface area contributed by atoms with Crippen LogP contribution in [-0.2, 0) is 24.4 Å². The maximum Gasteiger partial charge on any atom is 1.00 e. The second-order valence-corrected chi connectivity index (χ2v) is 12.9. The van der Waals surface area contributed by atoms with Crippen molar-refractivity contribution in [2.45, 2.75) is 62.6 Å². The standard InChI is InChI=1S/C28H32O9S.Na/c1-26-11-9-17(29)13-16(26)7-8-18-20-10-12-28(33,27(20,2)14-21(30)24(18)26)23(31)15-37-25(32)19-5-3-4-6-22(19)38(34,35)36;/h3-6,9,11,13,18,20-21,24,30,33H,7-8,10,12,14-15H2,1-2H3,(H,34,35,36);/q;+1/p-1/t18?,20?,21?,24?,26-,27-,28-;/m0./s1. The molecule has 4 aliphatic rings. The SMILES string of the molecule is C[C@]12C=CC(=O)C=C1CCC1C2C(O)C[C@@]2(C)C1CC[C@]2(O)C(=O)COC(=O)c1ccccc1S(=O)(=O)[O-].[Na+]. The van der Waals surface area contributed by atoms with Gasteiger partial charge in [-0.1, -0.05) is 37.6 Å². The molecule has 0 aromatic heterocycles. The first kappa shape index (κ1) is 30.3. The van der Waals surface area contributed by atoms with E-state index in [0.717, 1.165) is 24.1 Å². The van der Waals surface area contributed by atoms with Gasteiger partial charge in [0.05, 0.1) is 16.6 Å². The maximum absolute atomic E-state index is 13.4. The fraction of sp³-hybridized carbons (Fsp3) is 0.536. The average Bonchev–Trinajstić information content (AvgIpc) is 3.13. The quantitative estimate of drug-likeness (QED) is 0.268. The summed E-state index contributed by atoms with van der Waals surface area (Å²) in [6.45, 7) is 3.04. The number of aliphatic hydroxyl groups is 2. The van der Waals surface area contributed by atoms with Crippen LogP contribution in [0.25, 0.3) is 0 Å². The van der Waals surface area contributed by atoms with Crippen LogP contribution in [0.4, 0.5) is 0 Å². The second-order valence-electron chi connectivity index (χ2n) is 11.6. The van der Waals surface area contributed by atoms with Gasteiger partial charge in [0.2, 0.25) is 5.78 Å². The fourth-order valence-electron chi connectivity index (χ4n) is 7.97. The molecule has 0 amide bonds.